The van der Waals surface area contributed by atoms with E-state index in [2.05, 4.69) is 6.07 Å². The largest absolute Gasteiger partial charge is 0.398 e. The van der Waals surface area contributed by atoms with Gasteiger partial charge in [0.05, 0.1) is 19.0 Å². The van der Waals surface area contributed by atoms with Crippen molar-refractivity contribution < 1.29 is 4.79 Å². The summed E-state index contributed by atoms with van der Waals surface area (Å²) in [5.74, 6) is 0.0937. The van der Waals surface area contributed by atoms with E-state index in [4.69, 9.17) is 11.0 Å². The van der Waals surface area contributed by atoms with Crippen molar-refractivity contribution in [2.75, 3.05) is 37.3 Å². The van der Waals surface area contributed by atoms with E-state index in [1.807, 2.05) is 37.9 Å². The first-order valence-electron chi connectivity index (χ1n) is 6.77. The van der Waals surface area contributed by atoms with Crippen molar-refractivity contribution >= 4 is 17.3 Å². The Bertz CT molecular complexity index is 503. The Hall–Kier alpha value is -2.22. The van der Waals surface area contributed by atoms with Crippen molar-refractivity contribution in [3.8, 4) is 6.07 Å². The average molecular weight is 274 g/mol. The molecule has 5 nitrogen and oxygen atoms in total. The molecule has 0 bridgehead atoms. The molecule has 0 heterocycles. The molecular formula is C15H22N4O. The van der Waals surface area contributed by atoms with Gasteiger partial charge in [0.2, 0.25) is 5.91 Å². The molecule has 1 aromatic rings. The second-order valence-electron chi connectivity index (χ2n) is 4.64. The van der Waals surface area contributed by atoms with Gasteiger partial charge in [-0.1, -0.05) is 0 Å². The average Bonchev–Trinajstić information content (AvgIpc) is 2.42. The first-order valence-corrected chi connectivity index (χ1v) is 6.77. The van der Waals surface area contributed by atoms with Crippen LogP contribution in [0.5, 0.6) is 0 Å². The molecule has 0 spiro atoms. The SMILES string of the molecule is CCN(CC)C(=O)CN(C)c1ccc(N)c(CC#N)c1. The maximum absolute atomic E-state index is 12.1. The van der Waals surface area contributed by atoms with Crippen LogP contribution in [-0.4, -0.2) is 37.5 Å². The molecule has 0 fully saturated rings. The minimum atomic E-state index is 0.0937. The molecule has 0 radical (unpaired) electrons. The minimum absolute atomic E-state index is 0.0937. The summed E-state index contributed by atoms with van der Waals surface area (Å²) in [5, 5.41) is 8.78. The molecule has 0 saturated heterocycles. The van der Waals surface area contributed by atoms with Crippen LogP contribution >= 0.6 is 0 Å². The van der Waals surface area contributed by atoms with Crippen molar-refractivity contribution in [3.05, 3.63) is 23.8 Å². The molecule has 0 atom stereocenters. The van der Waals surface area contributed by atoms with Crippen molar-refractivity contribution in [1.29, 1.82) is 5.26 Å². The van der Waals surface area contributed by atoms with E-state index in [0.717, 1.165) is 11.3 Å². The van der Waals surface area contributed by atoms with E-state index in [-0.39, 0.29) is 12.3 Å². The Morgan fingerprint density at radius 1 is 1.35 bits per heavy atom. The van der Waals surface area contributed by atoms with E-state index in [1.54, 1.807) is 11.0 Å². The van der Waals surface area contributed by atoms with E-state index in [0.29, 0.717) is 25.3 Å². The summed E-state index contributed by atoms with van der Waals surface area (Å²) < 4.78 is 0. The summed E-state index contributed by atoms with van der Waals surface area (Å²) in [6, 6.07) is 7.61. The van der Waals surface area contributed by atoms with Crippen molar-refractivity contribution in [1.82, 2.24) is 4.90 Å². The Morgan fingerprint density at radius 3 is 2.55 bits per heavy atom. The summed E-state index contributed by atoms with van der Waals surface area (Å²) >= 11 is 0. The fourth-order valence-corrected chi connectivity index (χ4v) is 2.04. The highest BCUT2D eigenvalue weighted by atomic mass is 16.2. The van der Waals surface area contributed by atoms with Gasteiger partial charge in [0.15, 0.2) is 0 Å². The topological polar surface area (TPSA) is 73.4 Å². The Kier molecular flexibility index (Phi) is 5.85. The number of nitrogens with two attached hydrogens (primary N) is 1. The third kappa shape index (κ3) is 3.89. The van der Waals surface area contributed by atoms with Crippen LogP contribution < -0.4 is 10.6 Å². The van der Waals surface area contributed by atoms with E-state index in [9.17, 15) is 4.79 Å². The van der Waals surface area contributed by atoms with Crippen molar-refractivity contribution in [3.63, 3.8) is 0 Å². The van der Waals surface area contributed by atoms with Gasteiger partial charge in [-0.3, -0.25) is 4.79 Å². The van der Waals surface area contributed by atoms with E-state index < -0.39 is 0 Å². The maximum Gasteiger partial charge on any atom is 0.242 e. The second-order valence-corrected chi connectivity index (χ2v) is 4.64. The molecule has 108 valence electrons. The summed E-state index contributed by atoms with van der Waals surface area (Å²) in [4.78, 5) is 15.7. The first kappa shape index (κ1) is 15.8. The lowest BCUT2D eigenvalue weighted by Gasteiger charge is -2.24. The highest BCUT2D eigenvalue weighted by Crippen LogP contribution is 2.20. The van der Waals surface area contributed by atoms with Gasteiger partial charge in [-0.15, -0.1) is 0 Å². The van der Waals surface area contributed by atoms with Gasteiger partial charge in [0.25, 0.3) is 0 Å². The van der Waals surface area contributed by atoms with Crippen LogP contribution in [0.1, 0.15) is 19.4 Å². The number of anilines is 2. The summed E-state index contributed by atoms with van der Waals surface area (Å²) in [6.45, 7) is 5.68. The lowest BCUT2D eigenvalue weighted by Crippen LogP contribution is -2.38. The molecule has 0 aromatic heterocycles. The molecule has 0 aliphatic rings. The Balaban J connectivity index is 2.82. The van der Waals surface area contributed by atoms with Crippen molar-refractivity contribution in [2.45, 2.75) is 20.3 Å². The number of hydrogen-bond acceptors (Lipinski definition) is 4. The van der Waals surface area contributed by atoms with Crippen LogP contribution in [0.3, 0.4) is 0 Å². The van der Waals surface area contributed by atoms with Crippen LogP contribution in [0.2, 0.25) is 0 Å². The van der Waals surface area contributed by atoms with E-state index in [1.165, 1.54) is 0 Å². The van der Waals surface area contributed by atoms with Gasteiger partial charge < -0.3 is 15.5 Å². The molecular weight excluding hydrogens is 252 g/mol. The number of carbonyl (C=O) groups excluding carboxylic acids is 1. The first-order chi connectivity index (χ1) is 9.53. The van der Waals surface area contributed by atoms with Crippen LogP contribution in [0.15, 0.2) is 18.2 Å². The van der Waals surface area contributed by atoms with Gasteiger partial charge in [-0.2, -0.15) is 5.26 Å². The minimum Gasteiger partial charge on any atom is -0.398 e. The number of benzene rings is 1. The number of likely N-dealkylation sites (N-methyl/N-ethyl adjacent to an activating group) is 2. The number of hydrogen-bond donors (Lipinski definition) is 1. The summed E-state index contributed by atoms with van der Waals surface area (Å²) in [7, 11) is 1.86. The fraction of sp³-hybridized carbons (Fsp3) is 0.467. The molecule has 0 saturated carbocycles. The third-order valence-corrected chi connectivity index (χ3v) is 3.33. The van der Waals surface area contributed by atoms with Gasteiger partial charge in [0.1, 0.15) is 0 Å². The summed E-state index contributed by atoms with van der Waals surface area (Å²) in [5.41, 5.74) is 8.13. The highest BCUT2D eigenvalue weighted by Gasteiger charge is 2.13. The normalized spacial score (nSPS) is 9.90. The maximum atomic E-state index is 12.1. The molecule has 1 amide bonds. The zero-order valence-corrected chi connectivity index (χ0v) is 12.4. The number of nitrogens with zero attached hydrogens (tertiary/aromatic N) is 3. The molecule has 1 rings (SSSR count). The fourth-order valence-electron chi connectivity index (χ4n) is 2.04. The molecule has 1 aromatic carbocycles. The van der Waals surface area contributed by atoms with Crippen LogP contribution in [0, 0.1) is 11.3 Å². The number of nitrogen functional groups attached to an aromatic ring is 1. The van der Waals surface area contributed by atoms with Gasteiger partial charge in [-0.25, -0.2) is 0 Å². The van der Waals surface area contributed by atoms with Gasteiger partial charge >= 0.3 is 0 Å². The Labute approximate surface area is 120 Å². The number of nitriles is 1. The standard InChI is InChI=1S/C15H22N4O/c1-4-19(5-2)15(20)11-18(3)13-6-7-14(17)12(10-13)8-9-16/h6-7,10H,4-5,8,11,17H2,1-3H3. The molecule has 0 aliphatic heterocycles. The second kappa shape index (κ2) is 7.39. The Morgan fingerprint density at radius 2 is 2.00 bits per heavy atom. The number of amides is 1. The molecule has 0 aliphatic carbocycles. The monoisotopic (exact) mass is 274 g/mol. The van der Waals surface area contributed by atoms with Gasteiger partial charge in [-0.05, 0) is 37.6 Å². The summed E-state index contributed by atoms with van der Waals surface area (Å²) in [6.07, 6.45) is 0.275. The van der Waals surface area contributed by atoms with Crippen LogP contribution in [0.25, 0.3) is 0 Å². The quantitative estimate of drug-likeness (QED) is 0.800. The number of rotatable bonds is 6. The van der Waals surface area contributed by atoms with Gasteiger partial charge in [0, 0.05) is 31.5 Å². The molecule has 5 heteroatoms. The predicted molar refractivity (Wildman–Crippen MR) is 81.4 cm³/mol. The van der Waals surface area contributed by atoms with Crippen molar-refractivity contribution in [2.24, 2.45) is 0 Å². The smallest absolute Gasteiger partial charge is 0.242 e. The predicted octanol–water partition coefficient (Wildman–Crippen LogP) is 1.64. The number of carbonyl (C=O) groups is 1. The lowest BCUT2D eigenvalue weighted by atomic mass is 10.1. The van der Waals surface area contributed by atoms with E-state index >= 15 is 0 Å². The molecule has 0 unspecified atom stereocenters. The highest BCUT2D eigenvalue weighted by molar-refractivity contribution is 5.81. The third-order valence-electron chi connectivity index (χ3n) is 3.33. The van der Waals surface area contributed by atoms with Crippen LogP contribution in [-0.2, 0) is 11.2 Å². The zero-order valence-electron chi connectivity index (χ0n) is 12.4. The molecule has 20 heavy (non-hydrogen) atoms. The zero-order chi connectivity index (χ0) is 15.1. The molecule has 2 N–H and O–H groups in total. The van der Waals surface area contributed by atoms with Crippen LogP contribution in [0.4, 0.5) is 11.4 Å². The lowest BCUT2D eigenvalue weighted by molar-refractivity contribution is -0.129.